The first-order chi connectivity index (χ1) is 12.6. The molecule has 0 spiro atoms. The van der Waals surface area contributed by atoms with Gasteiger partial charge in [-0.1, -0.05) is 30.3 Å². The molecule has 6 nitrogen and oxygen atoms in total. The first-order valence-corrected chi connectivity index (χ1v) is 8.24. The zero-order valence-corrected chi connectivity index (χ0v) is 14.5. The number of aromatic nitrogens is 4. The van der Waals surface area contributed by atoms with E-state index in [1.165, 1.54) is 0 Å². The van der Waals surface area contributed by atoms with E-state index < -0.39 is 0 Å². The molecule has 0 aliphatic rings. The first-order valence-electron chi connectivity index (χ1n) is 8.24. The highest BCUT2D eigenvalue weighted by Gasteiger charge is 2.17. The Morgan fingerprint density at radius 3 is 2.50 bits per heavy atom. The second-order valence-electron chi connectivity index (χ2n) is 6.03. The van der Waals surface area contributed by atoms with Crippen molar-refractivity contribution in [1.82, 2.24) is 19.7 Å². The molecule has 6 heteroatoms. The minimum Gasteiger partial charge on any atom is -0.307 e. The summed E-state index contributed by atoms with van der Waals surface area (Å²) < 4.78 is 1.69. The van der Waals surface area contributed by atoms with Crippen molar-refractivity contribution in [2.45, 2.75) is 6.92 Å². The van der Waals surface area contributed by atoms with Crippen LogP contribution in [0, 0.1) is 6.92 Å². The third-order valence-electron chi connectivity index (χ3n) is 4.29. The summed E-state index contributed by atoms with van der Waals surface area (Å²) >= 11 is 0. The number of carbonyl (C=O) groups is 1. The Morgan fingerprint density at radius 1 is 1.00 bits per heavy atom. The molecule has 0 fully saturated rings. The number of amides is 1. The quantitative estimate of drug-likeness (QED) is 0.617. The van der Waals surface area contributed by atoms with Gasteiger partial charge in [-0.15, -0.1) is 0 Å². The second kappa shape index (κ2) is 6.40. The van der Waals surface area contributed by atoms with Gasteiger partial charge in [0, 0.05) is 36.1 Å². The van der Waals surface area contributed by atoms with Crippen molar-refractivity contribution in [3.63, 3.8) is 0 Å². The number of benzene rings is 2. The van der Waals surface area contributed by atoms with E-state index in [0.29, 0.717) is 16.9 Å². The molecule has 2 aromatic heterocycles. The van der Waals surface area contributed by atoms with Crippen molar-refractivity contribution in [2.24, 2.45) is 7.05 Å². The smallest absolute Gasteiger partial charge is 0.256 e. The summed E-state index contributed by atoms with van der Waals surface area (Å²) in [6.07, 6.45) is 3.24. The van der Waals surface area contributed by atoms with E-state index in [1.807, 2.05) is 44.3 Å². The van der Waals surface area contributed by atoms with Crippen LogP contribution in [-0.2, 0) is 7.05 Å². The van der Waals surface area contributed by atoms with Crippen LogP contribution >= 0.6 is 0 Å². The van der Waals surface area contributed by atoms with Gasteiger partial charge in [-0.05, 0) is 25.1 Å². The normalized spacial score (nSPS) is 10.8. The van der Waals surface area contributed by atoms with Crippen LogP contribution in [0.5, 0.6) is 0 Å². The molecular weight excluding hydrogens is 326 g/mol. The average molecular weight is 343 g/mol. The van der Waals surface area contributed by atoms with Gasteiger partial charge >= 0.3 is 0 Å². The van der Waals surface area contributed by atoms with E-state index in [0.717, 1.165) is 22.3 Å². The second-order valence-corrected chi connectivity index (χ2v) is 6.03. The molecule has 1 N–H and O–H groups in total. The lowest BCUT2D eigenvalue weighted by Crippen LogP contribution is -2.15. The molecular formula is C20H17N5O. The molecule has 0 radical (unpaired) electrons. The molecule has 0 aliphatic heterocycles. The Hall–Kier alpha value is -3.54. The molecule has 0 unspecified atom stereocenters. The highest BCUT2D eigenvalue weighted by Crippen LogP contribution is 2.27. The van der Waals surface area contributed by atoms with Crippen LogP contribution in [0.3, 0.4) is 0 Å². The summed E-state index contributed by atoms with van der Waals surface area (Å²) in [4.78, 5) is 21.2. The molecule has 2 heterocycles. The van der Waals surface area contributed by atoms with E-state index in [2.05, 4.69) is 20.4 Å². The Bertz CT molecular complexity index is 1100. The molecule has 4 rings (SSSR count). The summed E-state index contributed by atoms with van der Waals surface area (Å²) in [6.45, 7) is 1.96. The van der Waals surface area contributed by atoms with Gasteiger partial charge in [0.05, 0.1) is 16.7 Å². The summed E-state index contributed by atoms with van der Waals surface area (Å²) in [7, 11) is 1.82. The number of nitrogens with zero attached hydrogens (tertiary/aromatic N) is 4. The van der Waals surface area contributed by atoms with Gasteiger partial charge in [-0.25, -0.2) is 0 Å². The van der Waals surface area contributed by atoms with Crippen LogP contribution in [0.4, 0.5) is 5.82 Å². The van der Waals surface area contributed by atoms with E-state index >= 15 is 0 Å². The Morgan fingerprint density at radius 2 is 1.73 bits per heavy atom. The van der Waals surface area contributed by atoms with Gasteiger partial charge in [0.1, 0.15) is 5.82 Å². The average Bonchev–Trinajstić information content (AvgIpc) is 2.96. The van der Waals surface area contributed by atoms with Crippen LogP contribution in [-0.4, -0.2) is 25.7 Å². The largest absolute Gasteiger partial charge is 0.307 e. The predicted molar refractivity (Wildman–Crippen MR) is 101 cm³/mol. The number of anilines is 1. The molecule has 0 atom stereocenters. The van der Waals surface area contributed by atoms with E-state index in [4.69, 9.17) is 0 Å². The van der Waals surface area contributed by atoms with Gasteiger partial charge < -0.3 is 5.32 Å². The highest BCUT2D eigenvalue weighted by atomic mass is 16.1. The molecule has 2 aromatic carbocycles. The van der Waals surface area contributed by atoms with Crippen LogP contribution in [0.25, 0.3) is 22.3 Å². The maximum absolute atomic E-state index is 12.7. The van der Waals surface area contributed by atoms with Crippen LogP contribution in [0.2, 0.25) is 0 Å². The Kier molecular flexibility index (Phi) is 3.93. The van der Waals surface area contributed by atoms with Gasteiger partial charge in [-0.3, -0.25) is 19.4 Å². The van der Waals surface area contributed by atoms with Crippen molar-refractivity contribution in [2.75, 3.05) is 5.32 Å². The number of fused-ring (bicyclic) bond motifs is 1. The number of aryl methyl sites for hydroxylation is 1. The SMILES string of the molecule is Cc1c(-c2ccccc2)nn(C)c1NC(=O)c1ccc2nccnc2c1. The Balaban J connectivity index is 1.66. The number of rotatable bonds is 3. The van der Waals surface area contributed by atoms with Crippen molar-refractivity contribution in [3.05, 3.63) is 72.1 Å². The fourth-order valence-corrected chi connectivity index (χ4v) is 2.96. The van der Waals surface area contributed by atoms with Gasteiger partial charge in [0.25, 0.3) is 5.91 Å². The molecule has 4 aromatic rings. The van der Waals surface area contributed by atoms with E-state index in [1.54, 1.807) is 35.3 Å². The maximum Gasteiger partial charge on any atom is 0.256 e. The number of hydrogen-bond acceptors (Lipinski definition) is 4. The number of hydrogen-bond donors (Lipinski definition) is 1. The maximum atomic E-state index is 12.7. The van der Waals surface area contributed by atoms with Crippen molar-refractivity contribution in [1.29, 1.82) is 0 Å². The zero-order chi connectivity index (χ0) is 18.1. The van der Waals surface area contributed by atoms with E-state index in [9.17, 15) is 4.79 Å². The lowest BCUT2D eigenvalue weighted by Gasteiger charge is -2.07. The van der Waals surface area contributed by atoms with E-state index in [-0.39, 0.29) is 5.91 Å². The topological polar surface area (TPSA) is 72.7 Å². The lowest BCUT2D eigenvalue weighted by molar-refractivity contribution is 0.102. The molecule has 1 amide bonds. The fourth-order valence-electron chi connectivity index (χ4n) is 2.96. The molecule has 128 valence electrons. The fraction of sp³-hybridized carbons (Fsp3) is 0.100. The summed E-state index contributed by atoms with van der Waals surface area (Å²) in [5, 5.41) is 7.52. The minimum absolute atomic E-state index is 0.205. The van der Waals surface area contributed by atoms with Crippen molar-refractivity contribution < 1.29 is 4.79 Å². The minimum atomic E-state index is -0.205. The van der Waals surface area contributed by atoms with Gasteiger partial charge in [0.2, 0.25) is 0 Å². The van der Waals surface area contributed by atoms with Crippen molar-refractivity contribution >= 4 is 22.8 Å². The molecule has 0 saturated heterocycles. The first kappa shape index (κ1) is 16.0. The summed E-state index contributed by atoms with van der Waals surface area (Å²) in [6, 6.07) is 15.2. The van der Waals surface area contributed by atoms with Crippen LogP contribution in [0.15, 0.2) is 60.9 Å². The molecule has 0 saturated carbocycles. The molecule has 26 heavy (non-hydrogen) atoms. The number of carbonyl (C=O) groups excluding carboxylic acids is 1. The highest BCUT2D eigenvalue weighted by molar-refractivity contribution is 6.06. The number of nitrogens with one attached hydrogen (secondary N) is 1. The van der Waals surface area contributed by atoms with Crippen molar-refractivity contribution in [3.8, 4) is 11.3 Å². The predicted octanol–water partition coefficient (Wildman–Crippen LogP) is 3.59. The standard InChI is InChI=1S/C20H17N5O/c1-13-18(14-6-4-3-5-7-14)24-25(2)19(13)23-20(26)15-8-9-16-17(12-15)22-11-10-21-16/h3-12H,1-2H3,(H,23,26). The third kappa shape index (κ3) is 2.82. The van der Waals surface area contributed by atoms with Crippen LogP contribution in [0.1, 0.15) is 15.9 Å². The van der Waals surface area contributed by atoms with Gasteiger partial charge in [0.15, 0.2) is 0 Å². The molecule has 0 bridgehead atoms. The van der Waals surface area contributed by atoms with Crippen LogP contribution < -0.4 is 5.32 Å². The monoisotopic (exact) mass is 343 g/mol. The third-order valence-corrected chi connectivity index (χ3v) is 4.29. The zero-order valence-electron chi connectivity index (χ0n) is 14.5. The Labute approximate surface area is 150 Å². The molecule has 0 aliphatic carbocycles. The summed E-state index contributed by atoms with van der Waals surface area (Å²) in [5.41, 5.74) is 4.77. The summed E-state index contributed by atoms with van der Waals surface area (Å²) in [5.74, 6) is 0.469. The lowest BCUT2D eigenvalue weighted by atomic mass is 10.1. The van der Waals surface area contributed by atoms with Gasteiger partial charge in [-0.2, -0.15) is 5.10 Å².